The molecule has 1 aliphatic rings. The number of aldehydes is 1. The first-order valence-electron chi connectivity index (χ1n) is 8.71. The summed E-state index contributed by atoms with van der Waals surface area (Å²) < 4.78 is 11.8. The van der Waals surface area contributed by atoms with Gasteiger partial charge >= 0.3 is 0 Å². The van der Waals surface area contributed by atoms with Crippen molar-refractivity contribution in [2.75, 3.05) is 0 Å². The highest BCUT2D eigenvalue weighted by molar-refractivity contribution is 5.89. The molecule has 0 aromatic heterocycles. The van der Waals surface area contributed by atoms with E-state index in [9.17, 15) is 9.32 Å². The van der Waals surface area contributed by atoms with Gasteiger partial charge in [0.25, 0.3) is 0 Å². The summed E-state index contributed by atoms with van der Waals surface area (Å²) in [6.07, 6.45) is 8.16. The number of carbonyl (C=O) groups excluding carboxylic acids is 1. The molecule has 0 radical (unpaired) electrons. The van der Waals surface area contributed by atoms with Gasteiger partial charge in [-0.2, -0.15) is 0 Å². The predicted octanol–water partition coefficient (Wildman–Crippen LogP) is 6.53. The largest absolute Gasteiger partial charge is 0.298 e. The molecule has 2 aromatic carbocycles. The van der Waals surface area contributed by atoms with E-state index in [-0.39, 0.29) is 5.75 Å². The first-order valence-corrected chi connectivity index (χ1v) is 8.71. The van der Waals surface area contributed by atoms with Crippen molar-refractivity contribution >= 4 is 17.1 Å². The van der Waals surface area contributed by atoms with Gasteiger partial charge in [-0.15, -0.1) is 0 Å². The Balaban J connectivity index is 0.000000185. The molecule has 0 spiro atoms. The van der Waals surface area contributed by atoms with Crippen LogP contribution in [0.15, 0.2) is 36.4 Å². The van der Waals surface area contributed by atoms with E-state index in [2.05, 4.69) is 25.7 Å². The van der Waals surface area contributed by atoms with E-state index < -0.39 is 0 Å². The molecule has 0 heterocycles. The zero-order chi connectivity index (χ0) is 17.6. The monoisotopic (exact) mass is 330 g/mol. The van der Waals surface area contributed by atoms with E-state index in [1.165, 1.54) is 38.2 Å². The van der Waals surface area contributed by atoms with Crippen molar-refractivity contribution in [3.8, 4) is 5.75 Å². The summed E-state index contributed by atoms with van der Waals surface area (Å²) in [5.74, 6) is 1.16. The molecule has 1 fully saturated rings. The Kier molecular flexibility index (Phi) is 6.36. The van der Waals surface area contributed by atoms with Crippen LogP contribution in [0.4, 0.5) is 4.53 Å². The zero-order valence-corrected chi connectivity index (χ0v) is 14.8. The molecular weight excluding hydrogens is 303 g/mol. The van der Waals surface area contributed by atoms with Crippen molar-refractivity contribution in [3.05, 3.63) is 42.0 Å². The van der Waals surface area contributed by atoms with Crippen molar-refractivity contribution in [2.45, 2.75) is 52.9 Å². The van der Waals surface area contributed by atoms with E-state index in [4.69, 9.17) is 0 Å². The minimum atomic E-state index is 0.163. The molecule has 2 nitrogen and oxygen atoms in total. The van der Waals surface area contributed by atoms with Gasteiger partial charge in [0.1, 0.15) is 6.29 Å². The quantitative estimate of drug-likeness (QED) is 0.585. The van der Waals surface area contributed by atoms with Crippen LogP contribution in [-0.2, 0) is 0 Å². The highest BCUT2D eigenvalue weighted by Gasteiger charge is 2.25. The summed E-state index contributed by atoms with van der Waals surface area (Å²) in [7, 11) is 0. The second-order valence-electron chi connectivity index (χ2n) is 7.66. The van der Waals surface area contributed by atoms with Crippen molar-refractivity contribution < 1.29 is 14.3 Å². The van der Waals surface area contributed by atoms with E-state index in [1.807, 2.05) is 0 Å². The van der Waals surface area contributed by atoms with Crippen molar-refractivity contribution in [1.82, 2.24) is 0 Å². The predicted molar refractivity (Wildman–Crippen MR) is 97.1 cm³/mol. The molecule has 0 N–H and O–H groups in total. The highest BCUT2D eigenvalue weighted by Crippen LogP contribution is 2.37. The molecule has 0 atom stereocenters. The molecule has 3 heteroatoms. The lowest BCUT2D eigenvalue weighted by Crippen LogP contribution is -2.22. The fourth-order valence-electron chi connectivity index (χ4n) is 3.33. The normalized spacial score (nSPS) is 15.5. The molecule has 0 bridgehead atoms. The number of carbonyl (C=O) groups is 1. The maximum atomic E-state index is 11.8. The van der Waals surface area contributed by atoms with Gasteiger partial charge in [-0.1, -0.05) is 58.2 Å². The summed E-state index contributed by atoms with van der Waals surface area (Å²) in [5.41, 5.74) is 1.17. The molecule has 130 valence electrons. The molecule has 0 saturated heterocycles. The second kappa shape index (κ2) is 8.27. The first-order chi connectivity index (χ1) is 11.4. The summed E-state index contributed by atoms with van der Waals surface area (Å²) in [6, 6.07) is 9.96. The van der Waals surface area contributed by atoms with Gasteiger partial charge in [-0.25, -0.2) is 0 Å². The van der Waals surface area contributed by atoms with Gasteiger partial charge in [0.15, 0.2) is 5.75 Å². The third kappa shape index (κ3) is 5.05. The van der Waals surface area contributed by atoms with Gasteiger partial charge in [0.05, 0.1) is 0 Å². The molecule has 1 saturated carbocycles. The van der Waals surface area contributed by atoms with Crippen LogP contribution >= 0.6 is 0 Å². The highest BCUT2D eigenvalue weighted by atomic mass is 19.3. The summed E-state index contributed by atoms with van der Waals surface area (Å²) in [5, 5.41) is 1.72. The van der Waals surface area contributed by atoms with Gasteiger partial charge in [-0.3, -0.25) is 9.74 Å². The van der Waals surface area contributed by atoms with Crippen molar-refractivity contribution in [1.29, 1.82) is 0 Å². The van der Waals surface area contributed by atoms with Gasteiger partial charge in [-0.05, 0) is 53.1 Å². The van der Waals surface area contributed by atoms with Gasteiger partial charge < -0.3 is 0 Å². The standard InChI is InChI=1S/C11H7FO2.C10H20/c12-14-11-4-3-9-5-8(7-13)1-2-10(9)6-11;1-10(2,3)9-7-5-4-6-8-9/h1-7H;9H,4-8H2,1-3H3. The molecule has 0 aliphatic heterocycles. The van der Waals surface area contributed by atoms with E-state index >= 15 is 0 Å². The minimum Gasteiger partial charge on any atom is -0.298 e. The van der Waals surface area contributed by atoms with E-state index in [0.717, 1.165) is 23.0 Å². The SMILES string of the molecule is CC(C)(C)C1CCCCC1.O=Cc1ccc2cc(OF)ccc2c1. The topological polar surface area (TPSA) is 26.3 Å². The number of benzene rings is 2. The lowest BCUT2D eigenvalue weighted by Gasteiger charge is -2.33. The van der Waals surface area contributed by atoms with Crippen molar-refractivity contribution in [2.24, 2.45) is 11.3 Å². The number of hydrogen-bond donors (Lipinski definition) is 0. The number of rotatable bonds is 2. The van der Waals surface area contributed by atoms with Crippen LogP contribution < -0.4 is 4.94 Å². The molecule has 3 rings (SSSR count). The lowest BCUT2D eigenvalue weighted by molar-refractivity contribution is -0.00603. The van der Waals surface area contributed by atoms with Crippen LogP contribution in [-0.4, -0.2) is 6.29 Å². The smallest absolute Gasteiger partial charge is 0.172 e. The van der Waals surface area contributed by atoms with Crippen LogP contribution in [0.1, 0.15) is 63.2 Å². The van der Waals surface area contributed by atoms with Gasteiger partial charge in [0, 0.05) is 10.1 Å². The van der Waals surface area contributed by atoms with E-state index in [0.29, 0.717) is 11.0 Å². The Morgan fingerprint density at radius 2 is 1.62 bits per heavy atom. The Morgan fingerprint density at radius 1 is 1.00 bits per heavy atom. The van der Waals surface area contributed by atoms with E-state index in [1.54, 1.807) is 30.3 Å². The van der Waals surface area contributed by atoms with Crippen LogP contribution in [0.25, 0.3) is 10.8 Å². The minimum absolute atomic E-state index is 0.163. The van der Waals surface area contributed by atoms with Crippen LogP contribution in [0.3, 0.4) is 0 Å². The Hall–Kier alpha value is -1.90. The molecule has 0 unspecified atom stereocenters. The Labute approximate surface area is 143 Å². The molecule has 0 amide bonds. The van der Waals surface area contributed by atoms with Crippen molar-refractivity contribution in [3.63, 3.8) is 0 Å². The van der Waals surface area contributed by atoms with Crippen LogP contribution in [0.2, 0.25) is 0 Å². The molecular formula is C21H27FO2. The molecule has 1 aliphatic carbocycles. The average Bonchev–Trinajstić information content (AvgIpc) is 2.61. The maximum Gasteiger partial charge on any atom is 0.172 e. The zero-order valence-electron chi connectivity index (χ0n) is 14.8. The molecule has 2 aromatic rings. The third-order valence-corrected chi connectivity index (χ3v) is 4.89. The number of hydrogen-bond acceptors (Lipinski definition) is 2. The Bertz CT molecular complexity index is 667. The average molecular weight is 330 g/mol. The fourth-order valence-corrected chi connectivity index (χ4v) is 3.33. The van der Waals surface area contributed by atoms with Crippen LogP contribution in [0.5, 0.6) is 5.75 Å². The summed E-state index contributed by atoms with van der Waals surface area (Å²) in [4.78, 5) is 14.1. The summed E-state index contributed by atoms with van der Waals surface area (Å²) >= 11 is 0. The fraction of sp³-hybridized carbons (Fsp3) is 0.476. The lowest BCUT2D eigenvalue weighted by atomic mass is 9.72. The summed E-state index contributed by atoms with van der Waals surface area (Å²) in [6.45, 7) is 7.13. The Morgan fingerprint density at radius 3 is 2.17 bits per heavy atom. The maximum absolute atomic E-state index is 11.8. The second-order valence-corrected chi connectivity index (χ2v) is 7.66. The number of fused-ring (bicyclic) bond motifs is 1. The van der Waals surface area contributed by atoms with Gasteiger partial charge in [0.2, 0.25) is 0 Å². The molecule has 24 heavy (non-hydrogen) atoms. The first kappa shape index (κ1) is 18.4. The van der Waals surface area contributed by atoms with Crippen LogP contribution in [0, 0.1) is 11.3 Å². The number of halogens is 1. The third-order valence-electron chi connectivity index (χ3n) is 4.89.